The van der Waals surface area contributed by atoms with Crippen LogP contribution in [-0.4, -0.2) is 12.1 Å². The van der Waals surface area contributed by atoms with Gasteiger partial charge in [-0.05, 0) is 12.1 Å². The molecular weight excluding hydrogens is 216 g/mol. The van der Waals surface area contributed by atoms with Crippen LogP contribution < -0.4 is 15.9 Å². The van der Waals surface area contributed by atoms with E-state index in [0.717, 1.165) is 0 Å². The van der Waals surface area contributed by atoms with Crippen molar-refractivity contribution in [2.75, 3.05) is 12.8 Å². The summed E-state index contributed by atoms with van der Waals surface area (Å²) in [5, 5.41) is 0.856. The van der Waals surface area contributed by atoms with Crippen LogP contribution in [0.25, 0.3) is 10.9 Å². The van der Waals surface area contributed by atoms with Gasteiger partial charge in [0.25, 0.3) is 0 Å². The van der Waals surface area contributed by atoms with E-state index in [-0.39, 0.29) is 11.2 Å². The molecule has 1 aromatic carbocycles. The maximum Gasteiger partial charge on any atom is 0.191 e. The second kappa shape index (κ2) is 3.47. The number of hydrogen-bond acceptors (Lipinski definition) is 3. The van der Waals surface area contributed by atoms with Gasteiger partial charge in [0.05, 0.1) is 12.6 Å². The zero-order valence-corrected chi connectivity index (χ0v) is 8.76. The number of ether oxygens (including phenoxy) is 1. The van der Waals surface area contributed by atoms with Gasteiger partial charge >= 0.3 is 0 Å². The number of nitrogens with one attached hydrogen (secondary N) is 1. The summed E-state index contributed by atoms with van der Waals surface area (Å²) in [6.45, 7) is 0. The van der Waals surface area contributed by atoms with Crippen LogP contribution >= 0.6 is 11.6 Å². The Labute approximate surface area is 90.6 Å². The summed E-state index contributed by atoms with van der Waals surface area (Å²) < 4.78 is 5.04. The van der Waals surface area contributed by atoms with E-state index in [9.17, 15) is 4.79 Å². The van der Waals surface area contributed by atoms with Gasteiger partial charge in [-0.3, -0.25) is 4.79 Å². The van der Waals surface area contributed by atoms with E-state index in [1.807, 2.05) is 0 Å². The number of benzene rings is 1. The molecule has 0 bridgehead atoms. The molecule has 0 radical (unpaired) electrons. The highest BCUT2D eigenvalue weighted by atomic mass is 35.5. The Bertz CT molecular complexity index is 577. The van der Waals surface area contributed by atoms with Crippen LogP contribution in [-0.2, 0) is 0 Å². The first-order valence-electron chi connectivity index (χ1n) is 4.28. The lowest BCUT2D eigenvalue weighted by Crippen LogP contribution is -2.05. The van der Waals surface area contributed by atoms with Crippen molar-refractivity contribution in [2.24, 2.45) is 0 Å². The van der Waals surface area contributed by atoms with Crippen LogP contribution in [0.1, 0.15) is 0 Å². The Balaban J connectivity index is 2.93. The molecule has 2 aromatic rings. The molecule has 4 nitrogen and oxygen atoms in total. The average Bonchev–Trinajstić information content (AvgIpc) is 2.19. The van der Waals surface area contributed by atoms with Gasteiger partial charge in [-0.15, -0.1) is 0 Å². The van der Waals surface area contributed by atoms with Crippen molar-refractivity contribution >= 4 is 28.3 Å². The highest BCUT2D eigenvalue weighted by Gasteiger charge is 2.08. The number of aromatic nitrogens is 1. The molecule has 0 amide bonds. The first kappa shape index (κ1) is 9.86. The molecule has 5 heteroatoms. The van der Waals surface area contributed by atoms with E-state index in [0.29, 0.717) is 21.7 Å². The second-order valence-electron chi connectivity index (χ2n) is 3.09. The molecule has 0 fully saturated rings. The predicted octanol–water partition coefficient (Wildman–Crippen LogP) is 1.77. The number of nitrogen functional groups attached to an aromatic ring is 1. The molecule has 0 spiro atoms. The Hall–Kier alpha value is -1.68. The summed E-state index contributed by atoms with van der Waals surface area (Å²) in [6.07, 6.45) is 0. The van der Waals surface area contributed by atoms with Crippen molar-refractivity contribution in [3.8, 4) is 5.75 Å². The second-order valence-corrected chi connectivity index (χ2v) is 3.47. The lowest BCUT2D eigenvalue weighted by molar-refractivity contribution is 0.415. The van der Waals surface area contributed by atoms with Crippen LogP contribution in [0, 0.1) is 0 Å². The van der Waals surface area contributed by atoms with Gasteiger partial charge in [0, 0.05) is 11.5 Å². The van der Waals surface area contributed by atoms with Gasteiger partial charge in [0.2, 0.25) is 0 Å². The van der Waals surface area contributed by atoms with Crippen LogP contribution in [0.3, 0.4) is 0 Å². The minimum absolute atomic E-state index is 0.161. The molecule has 78 valence electrons. The Morgan fingerprint density at radius 2 is 2.20 bits per heavy atom. The average molecular weight is 225 g/mol. The van der Waals surface area contributed by atoms with Crippen molar-refractivity contribution in [2.45, 2.75) is 0 Å². The quantitative estimate of drug-likeness (QED) is 0.776. The third-order valence-electron chi connectivity index (χ3n) is 2.15. The summed E-state index contributed by atoms with van der Waals surface area (Å²) >= 11 is 6.03. The lowest BCUT2D eigenvalue weighted by Gasteiger charge is -2.06. The smallest absolute Gasteiger partial charge is 0.191 e. The SMILES string of the molecule is COc1ccc2c(=O)cc(N)[nH]c2c1Cl. The van der Waals surface area contributed by atoms with Crippen molar-refractivity contribution in [3.05, 3.63) is 33.4 Å². The molecule has 0 aliphatic heterocycles. The minimum Gasteiger partial charge on any atom is -0.495 e. The third kappa shape index (κ3) is 1.53. The van der Waals surface area contributed by atoms with Crippen molar-refractivity contribution in [1.82, 2.24) is 4.98 Å². The summed E-state index contributed by atoms with van der Waals surface area (Å²) in [5.74, 6) is 0.785. The highest BCUT2D eigenvalue weighted by molar-refractivity contribution is 6.36. The molecule has 0 unspecified atom stereocenters. The first-order valence-corrected chi connectivity index (χ1v) is 4.66. The third-order valence-corrected chi connectivity index (χ3v) is 2.52. The van der Waals surface area contributed by atoms with Gasteiger partial charge in [0.1, 0.15) is 16.6 Å². The van der Waals surface area contributed by atoms with Gasteiger partial charge < -0.3 is 15.5 Å². The topological polar surface area (TPSA) is 68.1 Å². The van der Waals surface area contributed by atoms with E-state index >= 15 is 0 Å². The summed E-state index contributed by atoms with van der Waals surface area (Å²) in [5.41, 5.74) is 5.87. The minimum atomic E-state index is -0.161. The molecule has 1 heterocycles. The molecule has 1 aromatic heterocycles. The summed E-state index contributed by atoms with van der Waals surface area (Å²) in [4.78, 5) is 14.4. The van der Waals surface area contributed by atoms with Crippen molar-refractivity contribution < 1.29 is 4.74 Å². The number of pyridine rings is 1. The molecule has 2 rings (SSSR count). The van der Waals surface area contributed by atoms with Crippen molar-refractivity contribution in [1.29, 1.82) is 0 Å². The first-order chi connectivity index (χ1) is 7.13. The van der Waals surface area contributed by atoms with Gasteiger partial charge in [-0.25, -0.2) is 0 Å². The predicted molar refractivity (Wildman–Crippen MR) is 60.5 cm³/mol. The molecular formula is C10H9ClN2O2. The number of halogens is 1. The zero-order valence-electron chi connectivity index (χ0n) is 8.00. The number of nitrogens with two attached hydrogens (primary N) is 1. The molecule has 0 saturated heterocycles. The number of H-pyrrole nitrogens is 1. The van der Waals surface area contributed by atoms with Crippen LogP contribution in [0.5, 0.6) is 5.75 Å². The molecule has 0 aliphatic rings. The summed E-state index contributed by atoms with van der Waals surface area (Å²) in [6, 6.07) is 4.62. The zero-order chi connectivity index (χ0) is 11.0. The highest BCUT2D eigenvalue weighted by Crippen LogP contribution is 2.30. The molecule has 15 heavy (non-hydrogen) atoms. The Morgan fingerprint density at radius 3 is 2.87 bits per heavy atom. The number of fused-ring (bicyclic) bond motifs is 1. The van der Waals surface area contributed by atoms with E-state index < -0.39 is 0 Å². The molecule has 0 atom stereocenters. The maximum atomic E-state index is 11.6. The monoisotopic (exact) mass is 224 g/mol. The fraction of sp³-hybridized carbons (Fsp3) is 0.100. The normalized spacial score (nSPS) is 10.5. The number of hydrogen-bond donors (Lipinski definition) is 2. The van der Waals surface area contributed by atoms with Crippen LogP contribution in [0.2, 0.25) is 5.02 Å². The van der Waals surface area contributed by atoms with E-state index in [1.54, 1.807) is 12.1 Å². The largest absolute Gasteiger partial charge is 0.495 e. The van der Waals surface area contributed by atoms with E-state index in [2.05, 4.69) is 4.98 Å². The van der Waals surface area contributed by atoms with E-state index in [4.69, 9.17) is 22.1 Å². The van der Waals surface area contributed by atoms with Gasteiger partial charge in [-0.2, -0.15) is 0 Å². The lowest BCUT2D eigenvalue weighted by atomic mass is 10.2. The Morgan fingerprint density at radius 1 is 1.47 bits per heavy atom. The van der Waals surface area contributed by atoms with Crippen LogP contribution in [0.4, 0.5) is 5.82 Å². The fourth-order valence-corrected chi connectivity index (χ4v) is 1.73. The van der Waals surface area contributed by atoms with Gasteiger partial charge in [0.15, 0.2) is 5.43 Å². The molecule has 0 saturated carbocycles. The number of rotatable bonds is 1. The number of aromatic amines is 1. The maximum absolute atomic E-state index is 11.6. The number of anilines is 1. The number of methoxy groups -OCH3 is 1. The molecule has 0 aliphatic carbocycles. The van der Waals surface area contributed by atoms with E-state index in [1.165, 1.54) is 13.2 Å². The van der Waals surface area contributed by atoms with Gasteiger partial charge in [-0.1, -0.05) is 11.6 Å². The van der Waals surface area contributed by atoms with Crippen LogP contribution in [0.15, 0.2) is 23.0 Å². The Kier molecular flexibility index (Phi) is 2.28. The van der Waals surface area contributed by atoms with Crippen molar-refractivity contribution in [3.63, 3.8) is 0 Å². The standard InChI is InChI=1S/C10H9ClN2O2/c1-15-7-3-2-5-6(14)4-8(12)13-10(5)9(7)11/h2-4H,1H3,(H3,12,13,14). The summed E-state index contributed by atoms with van der Waals surface area (Å²) in [7, 11) is 1.51. The molecule has 3 N–H and O–H groups in total. The fourth-order valence-electron chi connectivity index (χ4n) is 1.44.